The molecule has 0 spiro atoms. The maximum atomic E-state index is 5.59. The summed E-state index contributed by atoms with van der Waals surface area (Å²) < 4.78 is 10.9. The molecule has 0 saturated heterocycles. The van der Waals surface area contributed by atoms with E-state index < -0.39 is 0 Å². The Morgan fingerprint density at radius 1 is 1.35 bits per heavy atom. The first-order valence-electron chi connectivity index (χ1n) is 7.34. The van der Waals surface area contributed by atoms with Crippen molar-refractivity contribution < 1.29 is 8.94 Å². The number of aryl methyl sites for hydroxylation is 1. The van der Waals surface area contributed by atoms with Crippen LogP contribution in [0.1, 0.15) is 67.8 Å². The van der Waals surface area contributed by atoms with Crippen molar-refractivity contribution in [1.29, 1.82) is 0 Å². The molecule has 108 valence electrons. The van der Waals surface area contributed by atoms with E-state index >= 15 is 0 Å². The zero-order chi connectivity index (χ0) is 13.9. The summed E-state index contributed by atoms with van der Waals surface area (Å²) in [5.74, 6) is 3.88. The highest BCUT2D eigenvalue weighted by Gasteiger charge is 2.22. The fraction of sp³-hybridized carbons (Fsp3) is 0.600. The van der Waals surface area contributed by atoms with Crippen molar-refractivity contribution >= 4 is 0 Å². The van der Waals surface area contributed by atoms with Crippen LogP contribution >= 0.6 is 0 Å². The normalized spacial score (nSPS) is 17.7. The van der Waals surface area contributed by atoms with Crippen molar-refractivity contribution in [2.24, 2.45) is 0 Å². The topological polar surface area (TPSA) is 64.1 Å². The molecule has 0 bridgehead atoms. The van der Waals surface area contributed by atoms with Crippen molar-refractivity contribution in [2.45, 2.75) is 58.0 Å². The average Bonchev–Trinajstić information content (AvgIpc) is 3.16. The van der Waals surface area contributed by atoms with Crippen molar-refractivity contribution in [1.82, 2.24) is 15.5 Å². The Labute approximate surface area is 118 Å². The molecule has 3 rings (SSSR count). The highest BCUT2D eigenvalue weighted by atomic mass is 16.5. The molecular formula is C15H21N3O2. The lowest BCUT2D eigenvalue weighted by atomic mass is 10.1. The number of rotatable bonds is 5. The minimum absolute atomic E-state index is 0.130. The molecule has 0 amide bonds. The van der Waals surface area contributed by atoms with Gasteiger partial charge in [-0.05, 0) is 38.8 Å². The van der Waals surface area contributed by atoms with Gasteiger partial charge in [0, 0.05) is 5.92 Å². The van der Waals surface area contributed by atoms with Crippen molar-refractivity contribution in [3.8, 4) is 0 Å². The van der Waals surface area contributed by atoms with Crippen LogP contribution in [0.15, 0.2) is 21.1 Å². The Hall–Kier alpha value is -1.62. The molecule has 0 unspecified atom stereocenters. The molecule has 1 atom stereocenters. The van der Waals surface area contributed by atoms with Gasteiger partial charge in [-0.1, -0.05) is 18.0 Å². The van der Waals surface area contributed by atoms with Crippen LogP contribution in [0.5, 0.6) is 0 Å². The van der Waals surface area contributed by atoms with Gasteiger partial charge in [-0.25, -0.2) is 0 Å². The molecule has 2 heterocycles. The molecule has 1 fully saturated rings. The van der Waals surface area contributed by atoms with Crippen LogP contribution in [-0.4, -0.2) is 10.1 Å². The third-order valence-corrected chi connectivity index (χ3v) is 3.95. The smallest absolute Gasteiger partial charge is 0.240 e. The van der Waals surface area contributed by atoms with Gasteiger partial charge in [0.25, 0.3) is 0 Å². The first kappa shape index (κ1) is 13.4. The molecule has 5 nitrogen and oxygen atoms in total. The maximum Gasteiger partial charge on any atom is 0.240 e. The van der Waals surface area contributed by atoms with Gasteiger partial charge in [0.15, 0.2) is 5.82 Å². The van der Waals surface area contributed by atoms with E-state index in [2.05, 4.69) is 22.4 Å². The molecule has 5 heteroatoms. The van der Waals surface area contributed by atoms with E-state index in [4.69, 9.17) is 8.94 Å². The zero-order valence-corrected chi connectivity index (χ0v) is 12.1. The molecule has 1 saturated carbocycles. The summed E-state index contributed by atoms with van der Waals surface area (Å²) in [5, 5.41) is 7.45. The number of hydrogen-bond acceptors (Lipinski definition) is 5. The van der Waals surface area contributed by atoms with Gasteiger partial charge in [-0.15, -0.1) is 0 Å². The molecule has 20 heavy (non-hydrogen) atoms. The first-order chi connectivity index (χ1) is 9.72. The van der Waals surface area contributed by atoms with Crippen molar-refractivity contribution in [3.63, 3.8) is 0 Å². The summed E-state index contributed by atoms with van der Waals surface area (Å²) in [5.41, 5.74) is 0. The number of nitrogens with zero attached hydrogens (tertiary/aromatic N) is 2. The summed E-state index contributed by atoms with van der Waals surface area (Å²) in [6.07, 6.45) is 4.94. The van der Waals surface area contributed by atoms with E-state index in [0.29, 0.717) is 18.4 Å². The molecule has 1 aliphatic rings. The van der Waals surface area contributed by atoms with E-state index in [-0.39, 0.29) is 6.04 Å². The maximum absolute atomic E-state index is 5.59. The standard InChI is InChI=1S/C15H21N3O2/c1-10-7-8-13(19-10)11(2)16-9-14-17-15(18-20-14)12-5-3-4-6-12/h7-8,11-12,16H,3-6,9H2,1-2H3/t11-/m0/s1. The number of hydrogen-bond donors (Lipinski definition) is 1. The summed E-state index contributed by atoms with van der Waals surface area (Å²) in [7, 11) is 0. The average molecular weight is 275 g/mol. The summed E-state index contributed by atoms with van der Waals surface area (Å²) in [4.78, 5) is 4.49. The van der Waals surface area contributed by atoms with Crippen LogP contribution in [0.25, 0.3) is 0 Å². The predicted octanol–water partition coefficient (Wildman–Crippen LogP) is 3.48. The first-order valence-corrected chi connectivity index (χ1v) is 7.34. The van der Waals surface area contributed by atoms with Crippen molar-refractivity contribution in [2.75, 3.05) is 0 Å². The SMILES string of the molecule is Cc1ccc([C@H](C)NCc2nc(C3CCCC3)no2)o1. The van der Waals surface area contributed by atoms with Crippen LogP contribution < -0.4 is 5.32 Å². The van der Waals surface area contributed by atoms with Crippen LogP contribution in [0, 0.1) is 6.92 Å². The quantitative estimate of drug-likeness (QED) is 0.905. The van der Waals surface area contributed by atoms with Gasteiger partial charge < -0.3 is 8.94 Å². The number of nitrogens with one attached hydrogen (secondary N) is 1. The fourth-order valence-electron chi connectivity index (χ4n) is 2.72. The second-order valence-electron chi connectivity index (χ2n) is 5.58. The van der Waals surface area contributed by atoms with Crippen molar-refractivity contribution in [3.05, 3.63) is 35.4 Å². The number of aromatic nitrogens is 2. The molecule has 0 radical (unpaired) electrons. The molecule has 1 aliphatic carbocycles. The molecule has 2 aromatic heterocycles. The predicted molar refractivity (Wildman–Crippen MR) is 74.2 cm³/mol. The van der Waals surface area contributed by atoms with Gasteiger partial charge >= 0.3 is 0 Å². The molecule has 0 aliphatic heterocycles. The Morgan fingerprint density at radius 3 is 2.85 bits per heavy atom. The fourth-order valence-corrected chi connectivity index (χ4v) is 2.72. The second kappa shape index (κ2) is 5.79. The zero-order valence-electron chi connectivity index (χ0n) is 12.1. The Balaban J connectivity index is 1.55. The minimum Gasteiger partial charge on any atom is -0.465 e. The Morgan fingerprint density at radius 2 is 2.15 bits per heavy atom. The third kappa shape index (κ3) is 2.93. The summed E-state index contributed by atoms with van der Waals surface area (Å²) in [6.45, 7) is 4.58. The highest BCUT2D eigenvalue weighted by Crippen LogP contribution is 2.32. The minimum atomic E-state index is 0.130. The molecule has 0 aromatic carbocycles. The lowest BCUT2D eigenvalue weighted by Crippen LogP contribution is -2.17. The largest absolute Gasteiger partial charge is 0.465 e. The van der Waals surface area contributed by atoms with Gasteiger partial charge in [-0.3, -0.25) is 5.32 Å². The summed E-state index contributed by atoms with van der Waals surface area (Å²) in [6, 6.07) is 4.09. The van der Waals surface area contributed by atoms with Crippen LogP contribution in [0.3, 0.4) is 0 Å². The third-order valence-electron chi connectivity index (χ3n) is 3.95. The van der Waals surface area contributed by atoms with Gasteiger partial charge in [0.05, 0.1) is 12.6 Å². The van der Waals surface area contributed by atoms with Gasteiger partial charge in [0.2, 0.25) is 5.89 Å². The Kier molecular flexibility index (Phi) is 3.87. The van der Waals surface area contributed by atoms with E-state index in [0.717, 1.165) is 17.3 Å². The molecular weight excluding hydrogens is 254 g/mol. The van der Waals surface area contributed by atoms with Gasteiger partial charge in [-0.2, -0.15) is 4.98 Å². The Bertz CT molecular complexity index is 555. The monoisotopic (exact) mass is 275 g/mol. The lowest BCUT2D eigenvalue weighted by Gasteiger charge is -2.08. The number of furan rings is 1. The van der Waals surface area contributed by atoms with E-state index in [1.165, 1.54) is 25.7 Å². The van der Waals surface area contributed by atoms with E-state index in [1.54, 1.807) is 0 Å². The van der Waals surface area contributed by atoms with E-state index in [1.807, 2.05) is 19.1 Å². The lowest BCUT2D eigenvalue weighted by molar-refractivity contribution is 0.343. The second-order valence-corrected chi connectivity index (χ2v) is 5.58. The van der Waals surface area contributed by atoms with Gasteiger partial charge in [0.1, 0.15) is 11.5 Å². The van der Waals surface area contributed by atoms with Crippen LogP contribution in [0.2, 0.25) is 0 Å². The van der Waals surface area contributed by atoms with Crippen LogP contribution in [-0.2, 0) is 6.54 Å². The molecule has 1 N–H and O–H groups in total. The molecule has 2 aromatic rings. The highest BCUT2D eigenvalue weighted by molar-refractivity contribution is 5.09. The van der Waals surface area contributed by atoms with E-state index in [9.17, 15) is 0 Å². The van der Waals surface area contributed by atoms with Crippen LogP contribution in [0.4, 0.5) is 0 Å². The summed E-state index contributed by atoms with van der Waals surface area (Å²) >= 11 is 0.